The van der Waals surface area contributed by atoms with Gasteiger partial charge < -0.3 is 9.84 Å². The van der Waals surface area contributed by atoms with E-state index in [0.717, 1.165) is 0 Å². The smallest absolute Gasteiger partial charge is 0.330 e. The van der Waals surface area contributed by atoms with Gasteiger partial charge in [-0.1, -0.05) is 18.2 Å². The zero-order valence-corrected chi connectivity index (χ0v) is 7.19. The number of hydrogen-bond acceptors (Lipinski definition) is 3. The lowest BCUT2D eigenvalue weighted by Gasteiger charge is -1.97. The van der Waals surface area contributed by atoms with Crippen LogP contribution in [-0.4, -0.2) is 24.3 Å². The molecule has 1 N–H and O–H groups in total. The van der Waals surface area contributed by atoms with Crippen LogP contribution >= 0.6 is 0 Å². The highest BCUT2D eigenvalue weighted by molar-refractivity contribution is 5.82. The molecule has 0 heterocycles. The van der Waals surface area contributed by atoms with Gasteiger partial charge in [-0.15, -0.1) is 0 Å². The molecule has 0 atom stereocenters. The number of aliphatic hydroxyl groups is 1. The van der Waals surface area contributed by atoms with Crippen LogP contribution < -0.4 is 0 Å². The lowest BCUT2D eigenvalue weighted by molar-refractivity contribution is -0.138. The molecule has 0 rings (SSSR count). The zero-order valence-electron chi connectivity index (χ0n) is 7.19. The Morgan fingerprint density at radius 2 is 2.25 bits per heavy atom. The molecule has 0 aromatic carbocycles. The molecule has 0 bridgehead atoms. The van der Waals surface area contributed by atoms with Crippen LogP contribution in [0.4, 0.5) is 0 Å². The topological polar surface area (TPSA) is 46.5 Å². The molecule has 0 aromatic rings. The summed E-state index contributed by atoms with van der Waals surface area (Å²) in [6.45, 7) is 2.18. The van der Waals surface area contributed by atoms with Gasteiger partial charge in [0.05, 0.1) is 6.61 Å². The predicted molar refractivity (Wildman–Crippen MR) is 46.6 cm³/mol. The second-order valence-electron chi connectivity index (χ2n) is 2.13. The van der Waals surface area contributed by atoms with Gasteiger partial charge in [-0.2, -0.15) is 0 Å². The van der Waals surface area contributed by atoms with Crippen molar-refractivity contribution < 1.29 is 14.6 Å². The molecule has 3 heteroatoms. The summed E-state index contributed by atoms with van der Waals surface area (Å²) >= 11 is 0. The van der Waals surface area contributed by atoms with Crippen LogP contribution in [0.2, 0.25) is 0 Å². The van der Waals surface area contributed by atoms with Gasteiger partial charge in [0.25, 0.3) is 0 Å². The van der Waals surface area contributed by atoms with Crippen molar-refractivity contribution in [1.29, 1.82) is 0 Å². The van der Waals surface area contributed by atoms with E-state index >= 15 is 0 Å². The van der Waals surface area contributed by atoms with E-state index in [4.69, 9.17) is 9.84 Å². The zero-order chi connectivity index (χ0) is 9.23. The molecule has 0 fully saturated rings. The van der Waals surface area contributed by atoms with Crippen molar-refractivity contribution in [1.82, 2.24) is 0 Å². The van der Waals surface area contributed by atoms with E-state index in [-0.39, 0.29) is 19.2 Å². The van der Waals surface area contributed by atoms with Crippen molar-refractivity contribution in [2.75, 3.05) is 13.2 Å². The summed E-state index contributed by atoms with van der Waals surface area (Å²) in [5.74, 6) is -0.374. The first-order valence-electron chi connectivity index (χ1n) is 3.88. The number of rotatable bonds is 5. The quantitative estimate of drug-likeness (QED) is 0.290. The molecule has 0 aliphatic heterocycles. The number of aliphatic hydroxyl groups excluding tert-OH is 1. The molecule has 0 aromatic heterocycles. The Balaban J connectivity index is 3.45. The SMILES string of the molecule is CC=CC=CC(=O)OCCCO. The van der Waals surface area contributed by atoms with Crippen LogP contribution in [-0.2, 0) is 9.53 Å². The second-order valence-corrected chi connectivity index (χ2v) is 2.13. The first kappa shape index (κ1) is 10.9. The molecule has 0 unspecified atom stereocenters. The van der Waals surface area contributed by atoms with E-state index in [1.165, 1.54) is 6.08 Å². The fourth-order valence-corrected chi connectivity index (χ4v) is 0.531. The summed E-state index contributed by atoms with van der Waals surface area (Å²) in [6.07, 6.45) is 7.01. The third-order valence-corrected chi connectivity index (χ3v) is 1.08. The molecule has 3 nitrogen and oxygen atoms in total. The fourth-order valence-electron chi connectivity index (χ4n) is 0.531. The first-order valence-corrected chi connectivity index (χ1v) is 3.88. The van der Waals surface area contributed by atoms with Crippen LogP contribution in [0.25, 0.3) is 0 Å². The third-order valence-electron chi connectivity index (χ3n) is 1.08. The molecule has 12 heavy (non-hydrogen) atoms. The monoisotopic (exact) mass is 170 g/mol. The Bertz CT molecular complexity index is 171. The van der Waals surface area contributed by atoms with Crippen molar-refractivity contribution in [3.8, 4) is 0 Å². The van der Waals surface area contributed by atoms with E-state index in [9.17, 15) is 4.79 Å². The Morgan fingerprint density at radius 3 is 2.83 bits per heavy atom. The Labute approximate surface area is 72.3 Å². The van der Waals surface area contributed by atoms with E-state index in [1.54, 1.807) is 12.2 Å². The molecule has 0 radical (unpaired) electrons. The lowest BCUT2D eigenvalue weighted by Crippen LogP contribution is -2.03. The van der Waals surface area contributed by atoms with Gasteiger partial charge in [0.15, 0.2) is 0 Å². The number of allylic oxidation sites excluding steroid dienone is 3. The number of esters is 1. The van der Waals surface area contributed by atoms with Gasteiger partial charge in [-0.25, -0.2) is 4.79 Å². The normalized spacial score (nSPS) is 11.2. The van der Waals surface area contributed by atoms with Crippen molar-refractivity contribution in [2.24, 2.45) is 0 Å². The van der Waals surface area contributed by atoms with Crippen molar-refractivity contribution in [3.05, 3.63) is 24.3 Å². The van der Waals surface area contributed by atoms with Crippen LogP contribution in [0.5, 0.6) is 0 Å². The van der Waals surface area contributed by atoms with Gasteiger partial charge in [0.2, 0.25) is 0 Å². The number of carbonyl (C=O) groups excluding carboxylic acids is 1. The summed E-state index contributed by atoms with van der Waals surface area (Å²) in [4.78, 5) is 10.8. The molecule has 0 aliphatic rings. The standard InChI is InChI=1S/C9H14O3/c1-2-3-4-6-9(11)12-8-5-7-10/h2-4,6,10H,5,7-8H2,1H3. The maximum absolute atomic E-state index is 10.8. The minimum atomic E-state index is -0.374. The van der Waals surface area contributed by atoms with Crippen LogP contribution in [0.3, 0.4) is 0 Å². The summed E-state index contributed by atoms with van der Waals surface area (Å²) in [6, 6.07) is 0. The molecular formula is C9H14O3. The minimum Gasteiger partial charge on any atom is -0.462 e. The van der Waals surface area contributed by atoms with E-state index in [1.807, 2.05) is 13.0 Å². The van der Waals surface area contributed by atoms with Crippen LogP contribution in [0, 0.1) is 0 Å². The molecule has 0 spiro atoms. The Morgan fingerprint density at radius 1 is 1.50 bits per heavy atom. The van der Waals surface area contributed by atoms with Crippen molar-refractivity contribution in [2.45, 2.75) is 13.3 Å². The summed E-state index contributed by atoms with van der Waals surface area (Å²) < 4.78 is 4.71. The van der Waals surface area contributed by atoms with Gasteiger partial charge in [0.1, 0.15) is 0 Å². The predicted octanol–water partition coefficient (Wildman–Crippen LogP) is 1.04. The van der Waals surface area contributed by atoms with E-state index < -0.39 is 0 Å². The average Bonchev–Trinajstić information content (AvgIpc) is 2.06. The summed E-state index contributed by atoms with van der Waals surface area (Å²) in [7, 11) is 0. The molecule has 68 valence electrons. The number of carbonyl (C=O) groups is 1. The largest absolute Gasteiger partial charge is 0.462 e. The molecular weight excluding hydrogens is 156 g/mol. The highest BCUT2D eigenvalue weighted by Crippen LogP contribution is 1.85. The molecule has 0 saturated heterocycles. The fraction of sp³-hybridized carbons (Fsp3) is 0.444. The summed E-state index contributed by atoms with van der Waals surface area (Å²) in [5.41, 5.74) is 0. The average molecular weight is 170 g/mol. The Kier molecular flexibility index (Phi) is 7.28. The van der Waals surface area contributed by atoms with Gasteiger partial charge >= 0.3 is 5.97 Å². The molecule has 0 aliphatic carbocycles. The van der Waals surface area contributed by atoms with Crippen LogP contribution in [0.15, 0.2) is 24.3 Å². The minimum absolute atomic E-state index is 0.0475. The second kappa shape index (κ2) is 8.01. The maximum Gasteiger partial charge on any atom is 0.330 e. The summed E-state index contributed by atoms with van der Waals surface area (Å²) in [5, 5.41) is 8.37. The third kappa shape index (κ3) is 7.02. The van der Waals surface area contributed by atoms with Crippen molar-refractivity contribution >= 4 is 5.97 Å². The highest BCUT2D eigenvalue weighted by atomic mass is 16.5. The maximum atomic E-state index is 10.8. The number of ether oxygens (including phenoxy) is 1. The van der Waals surface area contributed by atoms with Gasteiger partial charge in [-0.05, 0) is 6.92 Å². The molecule has 0 saturated carbocycles. The van der Waals surface area contributed by atoms with Crippen LogP contribution in [0.1, 0.15) is 13.3 Å². The van der Waals surface area contributed by atoms with E-state index in [2.05, 4.69) is 0 Å². The van der Waals surface area contributed by atoms with Crippen molar-refractivity contribution in [3.63, 3.8) is 0 Å². The van der Waals surface area contributed by atoms with Gasteiger partial charge in [0, 0.05) is 19.1 Å². The molecule has 0 amide bonds. The van der Waals surface area contributed by atoms with E-state index in [0.29, 0.717) is 6.42 Å². The first-order chi connectivity index (χ1) is 5.81. The highest BCUT2D eigenvalue weighted by Gasteiger charge is 1.93. The number of hydrogen-bond donors (Lipinski definition) is 1. The van der Waals surface area contributed by atoms with Gasteiger partial charge in [-0.3, -0.25) is 0 Å². The lowest BCUT2D eigenvalue weighted by atomic mass is 10.4. The Hall–Kier alpha value is -1.09.